The van der Waals surface area contributed by atoms with Gasteiger partial charge in [-0.05, 0) is 29.2 Å². The molecule has 4 N–H and O–H groups in total. The van der Waals surface area contributed by atoms with E-state index in [2.05, 4.69) is 17.4 Å². The first-order chi connectivity index (χ1) is 12.4. The van der Waals surface area contributed by atoms with Gasteiger partial charge in [-0.15, -0.1) is 0 Å². The molecule has 0 radical (unpaired) electrons. The lowest BCUT2D eigenvalue weighted by molar-refractivity contribution is -0.138. The van der Waals surface area contributed by atoms with E-state index in [-0.39, 0.29) is 25.5 Å². The van der Waals surface area contributed by atoms with Crippen LogP contribution in [0.3, 0.4) is 0 Å². The molecule has 136 valence electrons. The third kappa shape index (κ3) is 3.55. The third-order valence-electron chi connectivity index (χ3n) is 4.74. The van der Waals surface area contributed by atoms with Gasteiger partial charge in [-0.1, -0.05) is 48.5 Å². The van der Waals surface area contributed by atoms with Gasteiger partial charge in [0.05, 0.1) is 12.0 Å². The van der Waals surface area contributed by atoms with Crippen LogP contribution in [0.4, 0.5) is 4.79 Å². The summed E-state index contributed by atoms with van der Waals surface area (Å²) >= 11 is 0. The highest BCUT2D eigenvalue weighted by Gasteiger charge is 2.31. The van der Waals surface area contributed by atoms with Crippen LogP contribution in [0.15, 0.2) is 48.5 Å². The van der Waals surface area contributed by atoms with Crippen LogP contribution >= 0.6 is 0 Å². The molecule has 6 heteroatoms. The Morgan fingerprint density at radius 1 is 1.12 bits per heavy atom. The number of carbonyl (C=O) groups excluding carboxylic acids is 1. The molecule has 0 fully saturated rings. The van der Waals surface area contributed by atoms with Crippen molar-refractivity contribution < 1.29 is 19.4 Å². The van der Waals surface area contributed by atoms with Crippen LogP contribution in [0, 0.1) is 0 Å². The minimum absolute atomic E-state index is 0.00347. The minimum atomic E-state index is -1.05. The van der Waals surface area contributed by atoms with Crippen LogP contribution in [0.2, 0.25) is 0 Å². The Hall–Kier alpha value is -2.86. The number of amides is 1. The van der Waals surface area contributed by atoms with E-state index >= 15 is 0 Å². The summed E-state index contributed by atoms with van der Waals surface area (Å²) in [4.78, 5) is 23.1. The first-order valence-corrected chi connectivity index (χ1v) is 8.48. The van der Waals surface area contributed by atoms with Crippen LogP contribution in [0.1, 0.15) is 30.4 Å². The van der Waals surface area contributed by atoms with Crippen molar-refractivity contribution in [3.63, 3.8) is 0 Å². The molecule has 0 saturated carbocycles. The average Bonchev–Trinajstić information content (AvgIpc) is 2.93. The second kappa shape index (κ2) is 7.17. The van der Waals surface area contributed by atoms with Crippen molar-refractivity contribution in [3.05, 3.63) is 59.7 Å². The van der Waals surface area contributed by atoms with E-state index in [1.807, 2.05) is 36.4 Å². The van der Waals surface area contributed by atoms with Gasteiger partial charge in [0.15, 0.2) is 0 Å². The Kier molecular flexibility index (Phi) is 4.95. The number of carbonyl (C=O) groups is 2. The van der Waals surface area contributed by atoms with E-state index in [4.69, 9.17) is 15.6 Å². The summed E-state index contributed by atoms with van der Waals surface area (Å²) in [5.74, 6) is -1.08. The highest BCUT2D eigenvalue weighted by molar-refractivity contribution is 5.79. The van der Waals surface area contributed by atoms with Crippen LogP contribution in [-0.4, -0.2) is 35.9 Å². The average molecular weight is 354 g/mol. The van der Waals surface area contributed by atoms with Crippen molar-refractivity contribution in [3.8, 4) is 11.1 Å². The number of nitrogens with two attached hydrogens (primary N) is 1. The van der Waals surface area contributed by atoms with E-state index in [0.29, 0.717) is 0 Å². The fraction of sp³-hybridized carbons (Fsp3) is 0.300. The van der Waals surface area contributed by atoms with Gasteiger partial charge in [0.25, 0.3) is 0 Å². The normalized spacial score (nSPS) is 14.8. The molecule has 0 aromatic heterocycles. The molecule has 1 aliphatic rings. The molecule has 0 saturated heterocycles. The molecule has 1 amide bonds. The standard InChI is InChI=1S/C20H22N2O4/c1-20(12-21,10-18(23)24)22-19(25)26-11-17-15-8-4-2-6-13(15)14-7-3-5-9-16(14)17/h2-9,17H,10-12,21H2,1H3,(H,22,25)(H,23,24). The van der Waals surface area contributed by atoms with Gasteiger partial charge in [-0.2, -0.15) is 0 Å². The van der Waals surface area contributed by atoms with Crippen molar-refractivity contribution in [1.82, 2.24) is 5.32 Å². The third-order valence-corrected chi connectivity index (χ3v) is 4.74. The van der Waals surface area contributed by atoms with E-state index in [1.165, 1.54) is 0 Å². The molecule has 0 bridgehead atoms. The summed E-state index contributed by atoms with van der Waals surface area (Å²) in [7, 11) is 0. The molecule has 0 aliphatic heterocycles. The Balaban J connectivity index is 1.72. The fourth-order valence-corrected chi connectivity index (χ4v) is 3.38. The number of aliphatic carboxylic acids is 1. The van der Waals surface area contributed by atoms with E-state index in [1.54, 1.807) is 6.92 Å². The lowest BCUT2D eigenvalue weighted by Gasteiger charge is -2.27. The maximum Gasteiger partial charge on any atom is 0.407 e. The van der Waals surface area contributed by atoms with Crippen molar-refractivity contribution >= 4 is 12.1 Å². The van der Waals surface area contributed by atoms with Crippen molar-refractivity contribution in [2.24, 2.45) is 5.73 Å². The number of rotatable bonds is 6. The second-order valence-corrected chi connectivity index (χ2v) is 6.79. The number of nitrogens with one attached hydrogen (secondary N) is 1. The number of hydrogen-bond acceptors (Lipinski definition) is 4. The smallest absolute Gasteiger partial charge is 0.407 e. The van der Waals surface area contributed by atoms with Gasteiger partial charge in [0, 0.05) is 12.5 Å². The van der Waals surface area contributed by atoms with Crippen molar-refractivity contribution in [2.75, 3.05) is 13.2 Å². The predicted molar refractivity (Wildman–Crippen MR) is 97.9 cm³/mol. The SMILES string of the molecule is CC(CN)(CC(=O)O)NC(=O)OCC1c2ccccc2-c2ccccc21. The molecule has 3 rings (SSSR count). The minimum Gasteiger partial charge on any atom is -0.481 e. The van der Waals surface area contributed by atoms with E-state index < -0.39 is 17.6 Å². The quantitative estimate of drug-likeness (QED) is 0.740. The molecular weight excluding hydrogens is 332 g/mol. The molecule has 0 spiro atoms. The number of benzene rings is 2. The topological polar surface area (TPSA) is 102 Å². The zero-order valence-electron chi connectivity index (χ0n) is 14.6. The Morgan fingerprint density at radius 2 is 1.65 bits per heavy atom. The maximum atomic E-state index is 12.2. The molecule has 1 atom stereocenters. The van der Waals surface area contributed by atoms with Gasteiger partial charge in [0.2, 0.25) is 0 Å². The Morgan fingerprint density at radius 3 is 2.15 bits per heavy atom. The number of carboxylic acids is 1. The second-order valence-electron chi connectivity index (χ2n) is 6.79. The van der Waals surface area contributed by atoms with Crippen LogP contribution in [-0.2, 0) is 9.53 Å². The van der Waals surface area contributed by atoms with Crippen molar-refractivity contribution in [2.45, 2.75) is 24.8 Å². The van der Waals surface area contributed by atoms with Crippen LogP contribution in [0.5, 0.6) is 0 Å². The zero-order chi connectivity index (χ0) is 18.7. The lowest BCUT2D eigenvalue weighted by Crippen LogP contribution is -2.52. The number of alkyl carbamates (subject to hydrolysis) is 1. The molecule has 0 heterocycles. The van der Waals surface area contributed by atoms with Crippen LogP contribution in [0.25, 0.3) is 11.1 Å². The molecular formula is C20H22N2O4. The highest BCUT2D eigenvalue weighted by Crippen LogP contribution is 2.44. The Labute approximate surface area is 152 Å². The van der Waals surface area contributed by atoms with Gasteiger partial charge >= 0.3 is 12.1 Å². The first-order valence-electron chi connectivity index (χ1n) is 8.48. The molecule has 26 heavy (non-hydrogen) atoms. The molecule has 1 aliphatic carbocycles. The largest absolute Gasteiger partial charge is 0.481 e. The summed E-state index contributed by atoms with van der Waals surface area (Å²) in [5.41, 5.74) is 9.10. The first kappa shape index (κ1) is 17.9. The highest BCUT2D eigenvalue weighted by atomic mass is 16.5. The lowest BCUT2D eigenvalue weighted by atomic mass is 9.98. The summed E-state index contributed by atoms with van der Waals surface area (Å²) in [5, 5.41) is 11.5. The van der Waals surface area contributed by atoms with Gasteiger partial charge < -0.3 is 20.9 Å². The van der Waals surface area contributed by atoms with E-state index in [0.717, 1.165) is 22.3 Å². The summed E-state index contributed by atoms with van der Waals surface area (Å²) < 4.78 is 5.42. The van der Waals surface area contributed by atoms with Gasteiger partial charge in [0.1, 0.15) is 6.61 Å². The van der Waals surface area contributed by atoms with Gasteiger partial charge in [-0.25, -0.2) is 4.79 Å². The predicted octanol–water partition coefficient (Wildman–Crippen LogP) is 2.72. The Bertz CT molecular complexity index is 791. The zero-order valence-corrected chi connectivity index (χ0v) is 14.6. The molecule has 2 aromatic carbocycles. The summed E-state index contributed by atoms with van der Waals surface area (Å²) in [6.07, 6.45) is -0.936. The molecule has 2 aromatic rings. The molecule has 1 unspecified atom stereocenters. The monoisotopic (exact) mass is 354 g/mol. The summed E-state index contributed by atoms with van der Waals surface area (Å²) in [6, 6.07) is 16.1. The number of ether oxygens (including phenoxy) is 1. The van der Waals surface area contributed by atoms with Crippen molar-refractivity contribution in [1.29, 1.82) is 0 Å². The van der Waals surface area contributed by atoms with E-state index in [9.17, 15) is 9.59 Å². The van der Waals surface area contributed by atoms with Gasteiger partial charge in [-0.3, -0.25) is 4.79 Å². The maximum absolute atomic E-state index is 12.2. The fourth-order valence-electron chi connectivity index (χ4n) is 3.38. The van der Waals surface area contributed by atoms with Crippen LogP contribution < -0.4 is 11.1 Å². The number of fused-ring (bicyclic) bond motifs is 3. The number of carboxylic acid groups (broad SMARTS) is 1. The molecule has 6 nitrogen and oxygen atoms in total. The number of hydrogen-bond donors (Lipinski definition) is 3. The summed E-state index contributed by atoms with van der Waals surface area (Å²) in [6.45, 7) is 1.76.